The Labute approximate surface area is 148 Å². The van der Waals surface area contributed by atoms with Gasteiger partial charge in [0, 0.05) is 13.1 Å². The van der Waals surface area contributed by atoms with Crippen molar-refractivity contribution in [3.8, 4) is 11.4 Å². The SMILES string of the molecule is O=C(CSc1n[nH]c(-c2ccccc2F)n1)NCC(=O)N1CCCC1. The maximum absolute atomic E-state index is 13.7. The molecule has 0 spiro atoms. The van der Waals surface area contributed by atoms with E-state index in [4.69, 9.17) is 0 Å². The minimum atomic E-state index is -0.395. The molecule has 7 nitrogen and oxygen atoms in total. The first-order valence-corrected chi connectivity index (χ1v) is 8.96. The number of benzene rings is 1. The number of hydrogen-bond donors (Lipinski definition) is 2. The number of halogens is 1. The van der Waals surface area contributed by atoms with Crippen LogP contribution in [0, 0.1) is 5.82 Å². The van der Waals surface area contributed by atoms with Crippen LogP contribution >= 0.6 is 11.8 Å². The van der Waals surface area contributed by atoms with Gasteiger partial charge in [0.15, 0.2) is 5.82 Å². The van der Waals surface area contributed by atoms with Gasteiger partial charge in [-0.05, 0) is 25.0 Å². The van der Waals surface area contributed by atoms with Crippen molar-refractivity contribution in [2.45, 2.75) is 18.0 Å². The molecular formula is C16H18FN5O2S. The summed E-state index contributed by atoms with van der Waals surface area (Å²) in [4.78, 5) is 29.6. The monoisotopic (exact) mass is 363 g/mol. The topological polar surface area (TPSA) is 91.0 Å². The summed E-state index contributed by atoms with van der Waals surface area (Å²) in [5.41, 5.74) is 0.322. The van der Waals surface area contributed by atoms with E-state index in [1.165, 1.54) is 6.07 Å². The van der Waals surface area contributed by atoms with Crippen molar-refractivity contribution in [3.63, 3.8) is 0 Å². The van der Waals surface area contributed by atoms with Crippen LogP contribution in [0.1, 0.15) is 12.8 Å². The van der Waals surface area contributed by atoms with Gasteiger partial charge in [-0.1, -0.05) is 23.9 Å². The Hall–Kier alpha value is -2.42. The van der Waals surface area contributed by atoms with E-state index >= 15 is 0 Å². The molecule has 2 amide bonds. The van der Waals surface area contributed by atoms with Crippen molar-refractivity contribution in [1.82, 2.24) is 25.4 Å². The molecule has 0 atom stereocenters. The number of aromatic nitrogens is 3. The van der Waals surface area contributed by atoms with Crippen LogP contribution in [-0.2, 0) is 9.59 Å². The molecule has 0 bridgehead atoms. The van der Waals surface area contributed by atoms with E-state index in [9.17, 15) is 14.0 Å². The largest absolute Gasteiger partial charge is 0.346 e. The van der Waals surface area contributed by atoms with Crippen LogP contribution in [0.4, 0.5) is 4.39 Å². The van der Waals surface area contributed by atoms with E-state index < -0.39 is 5.82 Å². The lowest BCUT2D eigenvalue weighted by Crippen LogP contribution is -2.39. The fourth-order valence-corrected chi connectivity index (χ4v) is 3.15. The normalized spacial score (nSPS) is 13.9. The molecule has 1 aliphatic heterocycles. The highest BCUT2D eigenvalue weighted by molar-refractivity contribution is 7.99. The Morgan fingerprint density at radius 3 is 2.80 bits per heavy atom. The van der Waals surface area contributed by atoms with E-state index in [2.05, 4.69) is 20.5 Å². The molecule has 9 heteroatoms. The molecule has 1 fully saturated rings. The van der Waals surface area contributed by atoms with Gasteiger partial charge in [-0.15, -0.1) is 5.10 Å². The number of hydrogen-bond acceptors (Lipinski definition) is 5. The van der Waals surface area contributed by atoms with Crippen molar-refractivity contribution in [2.75, 3.05) is 25.4 Å². The van der Waals surface area contributed by atoms with Crippen LogP contribution in [0.2, 0.25) is 0 Å². The van der Waals surface area contributed by atoms with Crippen LogP contribution in [0.25, 0.3) is 11.4 Å². The highest BCUT2D eigenvalue weighted by Crippen LogP contribution is 2.21. The van der Waals surface area contributed by atoms with Gasteiger partial charge in [0.25, 0.3) is 0 Å². The van der Waals surface area contributed by atoms with Crippen molar-refractivity contribution in [2.24, 2.45) is 0 Å². The number of likely N-dealkylation sites (tertiary alicyclic amines) is 1. The van der Waals surface area contributed by atoms with Gasteiger partial charge in [0.05, 0.1) is 17.9 Å². The summed E-state index contributed by atoms with van der Waals surface area (Å²) >= 11 is 1.12. The Morgan fingerprint density at radius 1 is 1.28 bits per heavy atom. The molecule has 132 valence electrons. The Bertz CT molecular complexity index is 760. The summed E-state index contributed by atoms with van der Waals surface area (Å²) in [5.74, 6) is -0.328. The maximum atomic E-state index is 13.7. The second-order valence-electron chi connectivity index (χ2n) is 5.60. The fourth-order valence-electron chi connectivity index (χ4n) is 2.52. The highest BCUT2D eigenvalue weighted by Gasteiger charge is 2.18. The molecular weight excluding hydrogens is 345 g/mol. The summed E-state index contributed by atoms with van der Waals surface area (Å²) in [6, 6.07) is 6.24. The molecule has 0 radical (unpaired) electrons. The predicted molar refractivity (Wildman–Crippen MR) is 91.3 cm³/mol. The van der Waals surface area contributed by atoms with Gasteiger partial charge in [0.1, 0.15) is 5.82 Å². The van der Waals surface area contributed by atoms with Crippen LogP contribution in [-0.4, -0.2) is 57.3 Å². The molecule has 0 saturated carbocycles. The molecule has 2 heterocycles. The number of carbonyl (C=O) groups excluding carboxylic acids is 2. The number of rotatable bonds is 6. The molecule has 1 aliphatic rings. The lowest BCUT2D eigenvalue weighted by Gasteiger charge is -2.15. The first kappa shape index (κ1) is 17.4. The van der Waals surface area contributed by atoms with Crippen LogP contribution < -0.4 is 5.32 Å². The molecule has 1 aromatic carbocycles. The Kier molecular flexibility index (Phi) is 5.64. The number of nitrogens with one attached hydrogen (secondary N) is 2. The number of amides is 2. The van der Waals surface area contributed by atoms with E-state index in [1.54, 1.807) is 23.1 Å². The molecule has 3 rings (SSSR count). The zero-order valence-electron chi connectivity index (χ0n) is 13.5. The third-order valence-electron chi connectivity index (χ3n) is 3.82. The van der Waals surface area contributed by atoms with Gasteiger partial charge in [0.2, 0.25) is 17.0 Å². The van der Waals surface area contributed by atoms with Gasteiger partial charge in [-0.3, -0.25) is 14.7 Å². The van der Waals surface area contributed by atoms with E-state index in [0.29, 0.717) is 16.5 Å². The molecule has 25 heavy (non-hydrogen) atoms. The summed E-state index contributed by atoms with van der Waals surface area (Å²) < 4.78 is 13.7. The molecule has 2 aromatic rings. The fraction of sp³-hybridized carbons (Fsp3) is 0.375. The smallest absolute Gasteiger partial charge is 0.241 e. The quantitative estimate of drug-likeness (QED) is 0.758. The Balaban J connectivity index is 1.46. The van der Waals surface area contributed by atoms with Crippen LogP contribution in [0.15, 0.2) is 29.4 Å². The minimum absolute atomic E-state index is 0.00780. The summed E-state index contributed by atoms with van der Waals surface area (Å²) in [6.07, 6.45) is 2.04. The third-order valence-corrected chi connectivity index (χ3v) is 4.67. The summed E-state index contributed by atoms with van der Waals surface area (Å²) in [6.45, 7) is 1.53. The van der Waals surface area contributed by atoms with Crippen molar-refractivity contribution < 1.29 is 14.0 Å². The van der Waals surface area contributed by atoms with E-state index in [0.717, 1.165) is 37.7 Å². The van der Waals surface area contributed by atoms with Crippen molar-refractivity contribution in [3.05, 3.63) is 30.1 Å². The van der Waals surface area contributed by atoms with Gasteiger partial charge < -0.3 is 10.2 Å². The average molecular weight is 363 g/mol. The number of thioether (sulfide) groups is 1. The first-order chi connectivity index (χ1) is 12.1. The average Bonchev–Trinajstić information content (AvgIpc) is 3.30. The summed E-state index contributed by atoms with van der Waals surface area (Å²) in [7, 11) is 0. The second-order valence-corrected chi connectivity index (χ2v) is 6.54. The van der Waals surface area contributed by atoms with Crippen LogP contribution in [0.5, 0.6) is 0 Å². The lowest BCUT2D eigenvalue weighted by atomic mass is 10.2. The maximum Gasteiger partial charge on any atom is 0.241 e. The van der Waals surface area contributed by atoms with E-state index in [1.807, 2.05) is 0 Å². The minimum Gasteiger partial charge on any atom is -0.346 e. The predicted octanol–water partition coefficient (Wildman–Crippen LogP) is 1.44. The standard InChI is InChI=1S/C16H18FN5O2S/c17-12-6-2-1-5-11(12)15-19-16(21-20-15)25-10-13(23)18-9-14(24)22-7-3-4-8-22/h1-2,5-6H,3-4,7-10H2,(H,18,23)(H,19,20,21). The van der Waals surface area contributed by atoms with Gasteiger partial charge in [-0.2, -0.15) is 0 Å². The van der Waals surface area contributed by atoms with Crippen molar-refractivity contribution >= 4 is 23.6 Å². The summed E-state index contributed by atoms with van der Waals surface area (Å²) in [5, 5.41) is 9.58. The van der Waals surface area contributed by atoms with Gasteiger partial charge in [-0.25, -0.2) is 9.37 Å². The molecule has 2 N–H and O–H groups in total. The highest BCUT2D eigenvalue weighted by atomic mass is 32.2. The third kappa shape index (κ3) is 4.56. The first-order valence-electron chi connectivity index (χ1n) is 7.98. The number of nitrogens with zero attached hydrogens (tertiary/aromatic N) is 3. The molecule has 1 aromatic heterocycles. The lowest BCUT2D eigenvalue weighted by molar-refractivity contribution is -0.131. The van der Waals surface area contributed by atoms with E-state index in [-0.39, 0.29) is 24.1 Å². The number of H-pyrrole nitrogens is 1. The van der Waals surface area contributed by atoms with Crippen molar-refractivity contribution in [1.29, 1.82) is 0 Å². The zero-order valence-corrected chi connectivity index (χ0v) is 14.3. The number of aromatic amines is 1. The molecule has 1 saturated heterocycles. The second kappa shape index (κ2) is 8.11. The Morgan fingerprint density at radius 2 is 2.04 bits per heavy atom. The molecule has 0 aliphatic carbocycles. The molecule has 0 unspecified atom stereocenters. The zero-order chi connectivity index (χ0) is 17.6. The van der Waals surface area contributed by atoms with Gasteiger partial charge >= 0.3 is 0 Å². The number of carbonyl (C=O) groups is 2. The van der Waals surface area contributed by atoms with Crippen LogP contribution in [0.3, 0.4) is 0 Å².